The van der Waals surface area contributed by atoms with Gasteiger partial charge in [-0.3, -0.25) is 19.0 Å². The van der Waals surface area contributed by atoms with Crippen LogP contribution in [0.3, 0.4) is 0 Å². The molecule has 1 aliphatic heterocycles. The molecule has 1 unspecified atom stereocenters. The molecule has 0 aliphatic carbocycles. The highest BCUT2D eigenvalue weighted by atomic mass is 35.5. The van der Waals surface area contributed by atoms with E-state index in [-0.39, 0.29) is 23.9 Å². The van der Waals surface area contributed by atoms with Crippen molar-refractivity contribution in [1.82, 2.24) is 14.5 Å². The normalized spacial score (nSPS) is 17.9. The Labute approximate surface area is 143 Å². The van der Waals surface area contributed by atoms with E-state index in [9.17, 15) is 14.4 Å². The van der Waals surface area contributed by atoms with Crippen molar-refractivity contribution in [1.29, 1.82) is 0 Å². The van der Waals surface area contributed by atoms with Gasteiger partial charge < -0.3 is 10.6 Å². The standard InChI is InChI=1S/C16H17ClN4O3/c17-11-3-4-12-13(6-11)19-9-21(16(12)24)8-14(22)20-5-1-2-10(7-20)15(18)23/h3-4,6,9-10H,1-2,5,7-8H2,(H2,18,23). The fourth-order valence-electron chi connectivity index (χ4n) is 2.93. The van der Waals surface area contributed by atoms with Gasteiger partial charge in [0.2, 0.25) is 11.8 Å². The van der Waals surface area contributed by atoms with Crippen LogP contribution < -0.4 is 11.3 Å². The summed E-state index contributed by atoms with van der Waals surface area (Å²) in [5.74, 6) is -0.941. The molecule has 1 saturated heterocycles. The van der Waals surface area contributed by atoms with Gasteiger partial charge in [0.05, 0.1) is 23.1 Å². The Hall–Kier alpha value is -2.41. The summed E-state index contributed by atoms with van der Waals surface area (Å²) in [4.78, 5) is 42.0. The van der Waals surface area contributed by atoms with Gasteiger partial charge in [-0.1, -0.05) is 11.6 Å². The van der Waals surface area contributed by atoms with Crippen molar-refractivity contribution < 1.29 is 9.59 Å². The molecule has 2 heterocycles. The van der Waals surface area contributed by atoms with Crippen molar-refractivity contribution in [2.75, 3.05) is 13.1 Å². The number of piperidine rings is 1. The van der Waals surface area contributed by atoms with Crippen LogP contribution in [0.4, 0.5) is 0 Å². The molecule has 1 fully saturated rings. The van der Waals surface area contributed by atoms with Crippen LogP contribution in [0.5, 0.6) is 0 Å². The van der Waals surface area contributed by atoms with Gasteiger partial charge in [-0.15, -0.1) is 0 Å². The second kappa shape index (κ2) is 6.60. The minimum atomic E-state index is -0.395. The van der Waals surface area contributed by atoms with Crippen LogP contribution in [-0.2, 0) is 16.1 Å². The van der Waals surface area contributed by atoms with E-state index < -0.39 is 5.91 Å². The van der Waals surface area contributed by atoms with Crippen LogP contribution in [0.25, 0.3) is 10.9 Å². The van der Waals surface area contributed by atoms with Crippen LogP contribution in [0, 0.1) is 5.92 Å². The lowest BCUT2D eigenvalue weighted by molar-refractivity contribution is -0.135. The summed E-state index contributed by atoms with van der Waals surface area (Å²) in [5.41, 5.74) is 5.52. The number of carbonyl (C=O) groups is 2. The summed E-state index contributed by atoms with van der Waals surface area (Å²) in [6.07, 6.45) is 2.76. The number of fused-ring (bicyclic) bond motifs is 1. The largest absolute Gasteiger partial charge is 0.369 e. The molecule has 1 aromatic carbocycles. The molecular formula is C16H17ClN4O3. The summed E-state index contributed by atoms with van der Waals surface area (Å²) >= 11 is 5.89. The Morgan fingerprint density at radius 3 is 2.92 bits per heavy atom. The van der Waals surface area contributed by atoms with Gasteiger partial charge in [-0.25, -0.2) is 4.98 Å². The predicted molar refractivity (Wildman–Crippen MR) is 89.5 cm³/mol. The Bertz CT molecular complexity index is 864. The van der Waals surface area contributed by atoms with Gasteiger partial charge in [0.1, 0.15) is 6.54 Å². The molecule has 8 heteroatoms. The minimum Gasteiger partial charge on any atom is -0.369 e. The highest BCUT2D eigenvalue weighted by Gasteiger charge is 2.27. The summed E-state index contributed by atoms with van der Waals surface area (Å²) in [6.45, 7) is 0.753. The molecule has 126 valence electrons. The zero-order chi connectivity index (χ0) is 17.3. The number of primary amides is 1. The van der Waals surface area contributed by atoms with E-state index in [1.165, 1.54) is 10.9 Å². The van der Waals surface area contributed by atoms with Crippen LogP contribution in [-0.4, -0.2) is 39.4 Å². The maximum atomic E-state index is 12.5. The summed E-state index contributed by atoms with van der Waals surface area (Å²) in [5, 5.41) is 0.900. The Morgan fingerprint density at radius 2 is 2.17 bits per heavy atom. The number of amides is 2. The van der Waals surface area contributed by atoms with Gasteiger partial charge in [0.15, 0.2) is 0 Å². The van der Waals surface area contributed by atoms with E-state index >= 15 is 0 Å². The Kier molecular flexibility index (Phi) is 4.53. The van der Waals surface area contributed by atoms with Gasteiger partial charge in [0.25, 0.3) is 5.56 Å². The average Bonchev–Trinajstić information content (AvgIpc) is 2.57. The van der Waals surface area contributed by atoms with E-state index in [0.29, 0.717) is 35.4 Å². The first kappa shape index (κ1) is 16.4. The molecule has 3 rings (SSSR count). The van der Waals surface area contributed by atoms with Crippen LogP contribution in [0.15, 0.2) is 29.3 Å². The minimum absolute atomic E-state index is 0.115. The van der Waals surface area contributed by atoms with E-state index in [1.807, 2.05) is 0 Å². The Balaban J connectivity index is 1.80. The van der Waals surface area contributed by atoms with Gasteiger partial charge >= 0.3 is 0 Å². The molecule has 1 aliphatic rings. The fraction of sp³-hybridized carbons (Fsp3) is 0.375. The van der Waals surface area contributed by atoms with Crippen molar-refractivity contribution in [2.45, 2.75) is 19.4 Å². The molecule has 2 amide bonds. The maximum Gasteiger partial charge on any atom is 0.261 e. The molecule has 1 atom stereocenters. The zero-order valence-corrected chi connectivity index (χ0v) is 13.7. The Morgan fingerprint density at radius 1 is 1.38 bits per heavy atom. The molecule has 7 nitrogen and oxygen atoms in total. The fourth-order valence-corrected chi connectivity index (χ4v) is 3.09. The lowest BCUT2D eigenvalue weighted by Gasteiger charge is -2.31. The number of hydrogen-bond acceptors (Lipinski definition) is 4. The quantitative estimate of drug-likeness (QED) is 0.885. The molecule has 0 bridgehead atoms. The van der Waals surface area contributed by atoms with E-state index in [0.717, 1.165) is 6.42 Å². The molecule has 2 aromatic rings. The van der Waals surface area contributed by atoms with Crippen molar-refractivity contribution in [3.05, 3.63) is 39.9 Å². The van der Waals surface area contributed by atoms with Crippen molar-refractivity contribution in [3.8, 4) is 0 Å². The molecular weight excluding hydrogens is 332 g/mol. The van der Waals surface area contributed by atoms with E-state index in [4.69, 9.17) is 17.3 Å². The molecule has 0 spiro atoms. The second-order valence-corrected chi connectivity index (χ2v) is 6.36. The number of hydrogen-bond donors (Lipinski definition) is 1. The molecule has 1 aromatic heterocycles. The molecule has 0 radical (unpaired) electrons. The third kappa shape index (κ3) is 3.26. The number of carbonyl (C=O) groups excluding carboxylic acids is 2. The monoisotopic (exact) mass is 348 g/mol. The third-order valence-corrected chi connectivity index (χ3v) is 4.50. The first-order valence-electron chi connectivity index (χ1n) is 7.67. The highest BCUT2D eigenvalue weighted by Crippen LogP contribution is 2.17. The summed E-state index contributed by atoms with van der Waals surface area (Å²) in [7, 11) is 0. The van der Waals surface area contributed by atoms with Gasteiger partial charge in [0, 0.05) is 18.1 Å². The third-order valence-electron chi connectivity index (χ3n) is 4.27. The smallest absolute Gasteiger partial charge is 0.261 e. The summed E-state index contributed by atoms with van der Waals surface area (Å²) < 4.78 is 1.27. The van der Waals surface area contributed by atoms with Crippen LogP contribution >= 0.6 is 11.6 Å². The highest BCUT2D eigenvalue weighted by molar-refractivity contribution is 6.31. The number of nitrogens with two attached hydrogens (primary N) is 1. The number of aromatic nitrogens is 2. The molecule has 2 N–H and O–H groups in total. The topological polar surface area (TPSA) is 98.3 Å². The van der Waals surface area contributed by atoms with Gasteiger partial charge in [-0.2, -0.15) is 0 Å². The number of rotatable bonds is 3. The lowest BCUT2D eigenvalue weighted by Crippen LogP contribution is -2.45. The average molecular weight is 349 g/mol. The van der Waals surface area contributed by atoms with Crippen LogP contribution in [0.2, 0.25) is 5.02 Å². The van der Waals surface area contributed by atoms with E-state index in [2.05, 4.69) is 4.98 Å². The number of likely N-dealkylation sites (tertiary alicyclic amines) is 1. The van der Waals surface area contributed by atoms with Crippen molar-refractivity contribution in [2.24, 2.45) is 11.7 Å². The summed E-state index contributed by atoms with van der Waals surface area (Å²) in [6, 6.07) is 4.81. The number of nitrogens with zero attached hydrogens (tertiary/aromatic N) is 3. The number of halogens is 1. The maximum absolute atomic E-state index is 12.5. The lowest BCUT2D eigenvalue weighted by atomic mass is 9.97. The molecule has 24 heavy (non-hydrogen) atoms. The van der Waals surface area contributed by atoms with Crippen LogP contribution in [0.1, 0.15) is 12.8 Å². The first-order valence-corrected chi connectivity index (χ1v) is 8.05. The van der Waals surface area contributed by atoms with Crippen molar-refractivity contribution in [3.63, 3.8) is 0 Å². The van der Waals surface area contributed by atoms with Crippen molar-refractivity contribution >= 4 is 34.3 Å². The predicted octanol–water partition coefficient (Wildman–Crippen LogP) is 0.774. The SMILES string of the molecule is NC(=O)C1CCCN(C(=O)Cn2cnc3cc(Cl)ccc3c2=O)C1. The molecule has 0 saturated carbocycles. The van der Waals surface area contributed by atoms with E-state index in [1.54, 1.807) is 23.1 Å². The zero-order valence-electron chi connectivity index (χ0n) is 12.9. The second-order valence-electron chi connectivity index (χ2n) is 5.92. The first-order chi connectivity index (χ1) is 11.5. The van der Waals surface area contributed by atoms with Gasteiger partial charge in [-0.05, 0) is 31.0 Å². The number of benzene rings is 1.